The molecule has 1 fully saturated rings. The number of halogens is 1. The molecule has 112 valence electrons. The second-order valence-electron chi connectivity index (χ2n) is 7.38. The molecule has 2 heteroatoms. The van der Waals surface area contributed by atoms with Crippen molar-refractivity contribution in [2.24, 2.45) is 11.3 Å². The maximum atomic E-state index is 3.74. The Morgan fingerprint density at radius 2 is 1.85 bits per heavy atom. The van der Waals surface area contributed by atoms with E-state index >= 15 is 0 Å². The van der Waals surface area contributed by atoms with Crippen LogP contribution in [0.5, 0.6) is 0 Å². The minimum Gasteiger partial charge on any atom is -0.382 e. The summed E-state index contributed by atoms with van der Waals surface area (Å²) in [5.74, 6) is 0.876. The quantitative estimate of drug-likeness (QED) is 0.636. The zero-order valence-corrected chi connectivity index (χ0v) is 14.9. The highest BCUT2D eigenvalue weighted by Gasteiger charge is 2.27. The van der Waals surface area contributed by atoms with Crippen molar-refractivity contribution in [3.63, 3.8) is 0 Å². The summed E-state index contributed by atoms with van der Waals surface area (Å²) >= 11 is 3.57. The SMILES string of the molecule is Cc1cc(NC2CCCC(C(C)(C)C)CC2)ccc1Br. The van der Waals surface area contributed by atoms with Gasteiger partial charge in [0.25, 0.3) is 0 Å². The normalized spacial score (nSPS) is 24.2. The summed E-state index contributed by atoms with van der Waals surface area (Å²) in [6.07, 6.45) is 6.71. The Bertz CT molecular complexity index is 447. The zero-order chi connectivity index (χ0) is 14.8. The predicted octanol–water partition coefficient (Wildman–Crippen LogP) is 6.16. The Labute approximate surface area is 132 Å². The van der Waals surface area contributed by atoms with Crippen molar-refractivity contribution < 1.29 is 0 Å². The fourth-order valence-corrected chi connectivity index (χ4v) is 3.53. The molecule has 0 radical (unpaired) electrons. The Kier molecular flexibility index (Phi) is 5.17. The molecule has 2 rings (SSSR count). The number of nitrogens with one attached hydrogen (secondary N) is 1. The molecule has 1 nitrogen and oxygen atoms in total. The van der Waals surface area contributed by atoms with Gasteiger partial charge in [0.05, 0.1) is 0 Å². The first-order valence-corrected chi connectivity index (χ1v) is 8.68. The number of anilines is 1. The lowest BCUT2D eigenvalue weighted by Gasteiger charge is -2.29. The van der Waals surface area contributed by atoms with E-state index in [1.807, 2.05) is 0 Å². The summed E-state index contributed by atoms with van der Waals surface area (Å²) in [7, 11) is 0. The molecule has 0 heterocycles. The first-order chi connectivity index (χ1) is 9.36. The predicted molar refractivity (Wildman–Crippen MR) is 92.3 cm³/mol. The van der Waals surface area contributed by atoms with Gasteiger partial charge in [-0.15, -0.1) is 0 Å². The average molecular weight is 338 g/mol. The van der Waals surface area contributed by atoms with Crippen LogP contribution in [0.2, 0.25) is 0 Å². The summed E-state index contributed by atoms with van der Waals surface area (Å²) < 4.78 is 1.19. The highest BCUT2D eigenvalue weighted by atomic mass is 79.9. The summed E-state index contributed by atoms with van der Waals surface area (Å²) in [6, 6.07) is 7.22. The van der Waals surface area contributed by atoms with Crippen LogP contribution in [-0.4, -0.2) is 6.04 Å². The van der Waals surface area contributed by atoms with Gasteiger partial charge in [-0.2, -0.15) is 0 Å². The number of hydrogen-bond donors (Lipinski definition) is 1. The summed E-state index contributed by atoms with van der Waals surface area (Å²) in [4.78, 5) is 0. The first kappa shape index (κ1) is 15.9. The molecule has 0 bridgehead atoms. The molecule has 1 N–H and O–H groups in total. The Morgan fingerprint density at radius 3 is 2.50 bits per heavy atom. The van der Waals surface area contributed by atoms with Crippen LogP contribution >= 0.6 is 15.9 Å². The van der Waals surface area contributed by atoms with E-state index in [9.17, 15) is 0 Å². The molecule has 2 unspecified atom stereocenters. The smallest absolute Gasteiger partial charge is 0.0345 e. The van der Waals surface area contributed by atoms with Gasteiger partial charge < -0.3 is 5.32 Å². The Morgan fingerprint density at radius 1 is 1.10 bits per heavy atom. The minimum absolute atomic E-state index is 0.461. The van der Waals surface area contributed by atoms with E-state index in [2.05, 4.69) is 67.1 Å². The second-order valence-corrected chi connectivity index (χ2v) is 8.23. The van der Waals surface area contributed by atoms with Crippen LogP contribution in [0, 0.1) is 18.3 Å². The van der Waals surface area contributed by atoms with Crippen molar-refractivity contribution in [1.82, 2.24) is 0 Å². The van der Waals surface area contributed by atoms with Gasteiger partial charge in [0.2, 0.25) is 0 Å². The third kappa shape index (κ3) is 4.25. The van der Waals surface area contributed by atoms with E-state index in [0.717, 1.165) is 5.92 Å². The van der Waals surface area contributed by atoms with Gasteiger partial charge in [0, 0.05) is 16.2 Å². The van der Waals surface area contributed by atoms with Crippen molar-refractivity contribution >= 4 is 21.6 Å². The number of hydrogen-bond acceptors (Lipinski definition) is 1. The van der Waals surface area contributed by atoms with Crippen molar-refractivity contribution in [2.45, 2.75) is 65.8 Å². The van der Waals surface area contributed by atoms with Crippen molar-refractivity contribution in [3.05, 3.63) is 28.2 Å². The molecule has 1 saturated carbocycles. The van der Waals surface area contributed by atoms with E-state index < -0.39 is 0 Å². The van der Waals surface area contributed by atoms with Gasteiger partial charge in [-0.3, -0.25) is 0 Å². The molecule has 0 amide bonds. The lowest BCUT2D eigenvalue weighted by molar-refractivity contribution is 0.214. The summed E-state index contributed by atoms with van der Waals surface area (Å²) in [5, 5.41) is 3.74. The van der Waals surface area contributed by atoms with E-state index in [0.29, 0.717) is 11.5 Å². The van der Waals surface area contributed by atoms with Gasteiger partial charge in [0.1, 0.15) is 0 Å². The van der Waals surface area contributed by atoms with E-state index in [1.54, 1.807) is 0 Å². The number of rotatable bonds is 2. The van der Waals surface area contributed by atoms with Gasteiger partial charge in [-0.05, 0) is 67.7 Å². The Hall–Kier alpha value is -0.500. The minimum atomic E-state index is 0.461. The highest BCUT2D eigenvalue weighted by Crippen LogP contribution is 2.37. The number of benzene rings is 1. The second kappa shape index (κ2) is 6.51. The maximum Gasteiger partial charge on any atom is 0.0345 e. The number of aryl methyl sites for hydroxylation is 1. The maximum absolute atomic E-state index is 3.74. The molecule has 20 heavy (non-hydrogen) atoms. The third-order valence-electron chi connectivity index (χ3n) is 4.72. The van der Waals surface area contributed by atoms with Gasteiger partial charge in [-0.25, -0.2) is 0 Å². The van der Waals surface area contributed by atoms with Crippen molar-refractivity contribution in [1.29, 1.82) is 0 Å². The molecular formula is C18H28BrN. The topological polar surface area (TPSA) is 12.0 Å². The molecule has 1 aliphatic carbocycles. The molecule has 1 aromatic rings. The van der Waals surface area contributed by atoms with Crippen LogP contribution in [0.15, 0.2) is 22.7 Å². The molecule has 0 aliphatic heterocycles. The van der Waals surface area contributed by atoms with E-state index in [1.165, 1.54) is 47.8 Å². The molecule has 0 saturated heterocycles. The average Bonchev–Trinajstić information content (AvgIpc) is 2.59. The molecule has 0 spiro atoms. The highest BCUT2D eigenvalue weighted by molar-refractivity contribution is 9.10. The third-order valence-corrected chi connectivity index (χ3v) is 5.61. The molecule has 1 aromatic carbocycles. The summed E-state index contributed by atoms with van der Waals surface area (Å²) in [6.45, 7) is 9.33. The molecule has 0 aromatic heterocycles. The van der Waals surface area contributed by atoms with Crippen molar-refractivity contribution in [3.8, 4) is 0 Å². The summed E-state index contributed by atoms with van der Waals surface area (Å²) in [5.41, 5.74) is 3.03. The standard InChI is InChI=1S/C18H28BrN/c1-13-12-16(10-11-17(13)19)20-15-7-5-6-14(8-9-15)18(2,3)4/h10-12,14-15,20H,5-9H2,1-4H3. The van der Waals surface area contributed by atoms with E-state index in [4.69, 9.17) is 0 Å². The fourth-order valence-electron chi connectivity index (χ4n) is 3.28. The van der Waals surface area contributed by atoms with Gasteiger partial charge >= 0.3 is 0 Å². The van der Waals surface area contributed by atoms with Crippen LogP contribution in [0.4, 0.5) is 5.69 Å². The van der Waals surface area contributed by atoms with Crippen LogP contribution in [0.3, 0.4) is 0 Å². The molecule has 1 aliphatic rings. The van der Waals surface area contributed by atoms with Gasteiger partial charge in [0.15, 0.2) is 0 Å². The van der Waals surface area contributed by atoms with Crippen molar-refractivity contribution in [2.75, 3.05) is 5.32 Å². The zero-order valence-electron chi connectivity index (χ0n) is 13.3. The van der Waals surface area contributed by atoms with Crippen LogP contribution < -0.4 is 5.32 Å². The van der Waals surface area contributed by atoms with Gasteiger partial charge in [-0.1, -0.05) is 43.1 Å². The lowest BCUT2D eigenvalue weighted by Crippen LogP contribution is -2.21. The fraction of sp³-hybridized carbons (Fsp3) is 0.667. The molecular weight excluding hydrogens is 310 g/mol. The van der Waals surface area contributed by atoms with Crippen LogP contribution in [0.1, 0.15) is 58.4 Å². The Balaban J connectivity index is 1.95. The monoisotopic (exact) mass is 337 g/mol. The largest absolute Gasteiger partial charge is 0.382 e. The first-order valence-electron chi connectivity index (χ1n) is 7.89. The van der Waals surface area contributed by atoms with Crippen LogP contribution in [-0.2, 0) is 0 Å². The molecule has 2 atom stereocenters. The van der Waals surface area contributed by atoms with Crippen LogP contribution in [0.25, 0.3) is 0 Å². The van der Waals surface area contributed by atoms with E-state index in [-0.39, 0.29) is 0 Å². The lowest BCUT2D eigenvalue weighted by atomic mass is 9.76.